The van der Waals surface area contributed by atoms with Crippen molar-refractivity contribution in [2.75, 3.05) is 32.9 Å². The van der Waals surface area contributed by atoms with E-state index in [9.17, 15) is 0 Å². The minimum atomic E-state index is -2.25. The third-order valence-electron chi connectivity index (χ3n) is 4.07. The molecule has 0 radical (unpaired) electrons. The van der Waals surface area contributed by atoms with E-state index >= 15 is 0 Å². The first-order valence-corrected chi connectivity index (χ1v) is 11.0. The van der Waals surface area contributed by atoms with Crippen molar-refractivity contribution in [3.05, 3.63) is 0 Å². The molecule has 1 fully saturated rings. The summed E-state index contributed by atoms with van der Waals surface area (Å²) in [5.74, 6) is 0. The van der Waals surface area contributed by atoms with Gasteiger partial charge in [0.25, 0.3) is 0 Å². The largest absolute Gasteiger partial charge is 0.393 e. The maximum Gasteiger partial charge on any atom is 0.369 e. The van der Waals surface area contributed by atoms with Gasteiger partial charge in [-0.2, -0.15) is 0 Å². The minimum Gasteiger partial charge on any atom is -0.393 e. The molecule has 0 aromatic heterocycles. The molecule has 126 valence electrons. The zero-order valence-electron chi connectivity index (χ0n) is 14.3. The molecule has 0 bridgehead atoms. The quantitative estimate of drug-likeness (QED) is 0.442. The smallest absolute Gasteiger partial charge is 0.369 e. The van der Waals surface area contributed by atoms with Crippen molar-refractivity contribution in [3.8, 4) is 0 Å². The van der Waals surface area contributed by atoms with E-state index in [1.54, 1.807) is 0 Å². The van der Waals surface area contributed by atoms with Gasteiger partial charge in [0, 0.05) is 26.3 Å². The van der Waals surface area contributed by atoms with Crippen molar-refractivity contribution >= 4 is 8.56 Å². The SMILES string of the molecule is CCCCCCCC[Si](OCC)(OCC)C1CNCCO1. The minimum absolute atomic E-state index is 0.141. The Balaban J connectivity index is 2.48. The van der Waals surface area contributed by atoms with E-state index in [0.29, 0.717) is 0 Å². The molecule has 5 heteroatoms. The van der Waals surface area contributed by atoms with Crippen LogP contribution in [0.3, 0.4) is 0 Å². The highest BCUT2D eigenvalue weighted by atomic mass is 28.4. The lowest BCUT2D eigenvalue weighted by atomic mass is 10.1. The van der Waals surface area contributed by atoms with Gasteiger partial charge < -0.3 is 18.9 Å². The third kappa shape index (κ3) is 6.78. The predicted molar refractivity (Wildman–Crippen MR) is 89.8 cm³/mol. The maximum absolute atomic E-state index is 6.19. The Kier molecular flexibility index (Phi) is 10.6. The van der Waals surface area contributed by atoms with Crippen molar-refractivity contribution in [2.24, 2.45) is 0 Å². The fourth-order valence-corrected chi connectivity index (χ4v) is 6.63. The number of hydrogen-bond acceptors (Lipinski definition) is 4. The van der Waals surface area contributed by atoms with Crippen molar-refractivity contribution < 1.29 is 13.6 Å². The van der Waals surface area contributed by atoms with Crippen LogP contribution in [0.15, 0.2) is 0 Å². The Morgan fingerprint density at radius 2 is 1.67 bits per heavy atom. The molecule has 21 heavy (non-hydrogen) atoms. The molecule has 1 aliphatic rings. The zero-order valence-corrected chi connectivity index (χ0v) is 15.3. The van der Waals surface area contributed by atoms with Gasteiger partial charge in [0.1, 0.15) is 5.73 Å². The molecule has 1 unspecified atom stereocenters. The predicted octanol–water partition coefficient (Wildman–Crippen LogP) is 3.39. The highest BCUT2D eigenvalue weighted by Gasteiger charge is 2.46. The molecule has 4 nitrogen and oxygen atoms in total. The van der Waals surface area contributed by atoms with Crippen molar-refractivity contribution in [1.29, 1.82) is 0 Å². The van der Waals surface area contributed by atoms with Gasteiger partial charge in [0.2, 0.25) is 0 Å². The molecule has 1 atom stereocenters. The fraction of sp³-hybridized carbons (Fsp3) is 1.00. The lowest BCUT2D eigenvalue weighted by Crippen LogP contribution is -2.60. The molecule has 0 amide bonds. The summed E-state index contributed by atoms with van der Waals surface area (Å²) < 4.78 is 18.4. The Morgan fingerprint density at radius 3 is 2.24 bits per heavy atom. The van der Waals surface area contributed by atoms with Crippen LogP contribution in [0.25, 0.3) is 0 Å². The molecular formula is C16H35NO3Si. The average molecular weight is 318 g/mol. The number of hydrogen-bond donors (Lipinski definition) is 1. The molecule has 1 N–H and O–H groups in total. The van der Waals surface area contributed by atoms with Gasteiger partial charge >= 0.3 is 8.56 Å². The highest BCUT2D eigenvalue weighted by molar-refractivity contribution is 6.69. The highest BCUT2D eigenvalue weighted by Crippen LogP contribution is 2.25. The number of nitrogens with one attached hydrogen (secondary N) is 1. The summed E-state index contributed by atoms with van der Waals surface area (Å²) in [6, 6.07) is 1.06. The molecular weight excluding hydrogens is 282 g/mol. The topological polar surface area (TPSA) is 39.7 Å². The normalized spacial score (nSPS) is 19.9. The summed E-state index contributed by atoms with van der Waals surface area (Å²) in [5.41, 5.74) is 0.141. The van der Waals surface area contributed by atoms with Crippen LogP contribution in [0.5, 0.6) is 0 Å². The number of unbranched alkanes of at least 4 members (excludes halogenated alkanes) is 5. The van der Waals surface area contributed by atoms with Crippen LogP contribution in [-0.4, -0.2) is 47.2 Å². The molecule has 0 spiro atoms. The first-order valence-electron chi connectivity index (χ1n) is 8.89. The van der Waals surface area contributed by atoms with E-state index in [1.165, 1.54) is 38.5 Å². The summed E-state index contributed by atoms with van der Waals surface area (Å²) in [4.78, 5) is 0. The first kappa shape index (κ1) is 19.1. The van der Waals surface area contributed by atoms with E-state index in [2.05, 4.69) is 26.1 Å². The van der Waals surface area contributed by atoms with E-state index < -0.39 is 8.56 Å². The molecule has 0 aromatic carbocycles. The second-order valence-electron chi connectivity index (χ2n) is 5.76. The summed E-state index contributed by atoms with van der Waals surface area (Å²) >= 11 is 0. The van der Waals surface area contributed by atoms with E-state index in [4.69, 9.17) is 13.6 Å². The lowest BCUT2D eigenvalue weighted by molar-refractivity contribution is 0.0270. The number of ether oxygens (including phenoxy) is 1. The molecule has 0 aromatic rings. The Hall–Kier alpha value is 0.0569. The van der Waals surface area contributed by atoms with E-state index in [-0.39, 0.29) is 5.73 Å². The Morgan fingerprint density at radius 1 is 1.00 bits per heavy atom. The van der Waals surface area contributed by atoms with E-state index in [0.717, 1.165) is 39.0 Å². The van der Waals surface area contributed by atoms with Crippen LogP contribution in [-0.2, 0) is 13.6 Å². The Labute approximate surface area is 132 Å². The third-order valence-corrected chi connectivity index (χ3v) is 8.03. The summed E-state index contributed by atoms with van der Waals surface area (Å²) in [6.07, 6.45) is 7.84. The molecule has 1 aliphatic heterocycles. The fourth-order valence-electron chi connectivity index (χ4n) is 3.02. The van der Waals surface area contributed by atoms with Crippen LogP contribution >= 0.6 is 0 Å². The summed E-state index contributed by atoms with van der Waals surface area (Å²) in [6.45, 7) is 10.4. The maximum atomic E-state index is 6.19. The van der Waals surface area contributed by atoms with Crippen LogP contribution in [0.2, 0.25) is 6.04 Å². The molecule has 1 saturated heterocycles. The monoisotopic (exact) mass is 317 g/mol. The molecule has 1 heterocycles. The van der Waals surface area contributed by atoms with Crippen molar-refractivity contribution in [1.82, 2.24) is 5.32 Å². The first-order chi connectivity index (χ1) is 10.3. The lowest BCUT2D eigenvalue weighted by Gasteiger charge is -2.38. The van der Waals surface area contributed by atoms with Gasteiger partial charge in [-0.05, 0) is 19.9 Å². The standard InChI is InChI=1S/C16H35NO3Si/c1-4-7-8-9-10-11-14-21(19-5-2,20-6-3)16-15-17-12-13-18-16/h16-17H,4-15H2,1-3H3. The van der Waals surface area contributed by atoms with E-state index in [1.807, 2.05) is 0 Å². The van der Waals surface area contributed by atoms with Gasteiger partial charge in [-0.3, -0.25) is 0 Å². The molecule has 0 aliphatic carbocycles. The van der Waals surface area contributed by atoms with Crippen molar-refractivity contribution in [3.63, 3.8) is 0 Å². The van der Waals surface area contributed by atoms with Gasteiger partial charge in [-0.1, -0.05) is 45.4 Å². The summed E-state index contributed by atoms with van der Waals surface area (Å²) in [5, 5.41) is 3.42. The number of rotatable bonds is 12. The van der Waals surface area contributed by atoms with Crippen LogP contribution < -0.4 is 5.32 Å². The summed E-state index contributed by atoms with van der Waals surface area (Å²) in [7, 11) is -2.25. The molecule has 0 saturated carbocycles. The van der Waals surface area contributed by atoms with Crippen LogP contribution in [0, 0.1) is 0 Å². The van der Waals surface area contributed by atoms with Gasteiger partial charge in [-0.25, -0.2) is 0 Å². The van der Waals surface area contributed by atoms with Crippen molar-refractivity contribution in [2.45, 2.75) is 71.1 Å². The number of morpholine rings is 1. The zero-order chi connectivity index (χ0) is 15.4. The van der Waals surface area contributed by atoms with Gasteiger partial charge in [0.05, 0.1) is 6.61 Å². The second-order valence-corrected chi connectivity index (χ2v) is 9.10. The van der Waals surface area contributed by atoms with Gasteiger partial charge in [-0.15, -0.1) is 0 Å². The van der Waals surface area contributed by atoms with Gasteiger partial charge in [0.15, 0.2) is 0 Å². The van der Waals surface area contributed by atoms with Crippen LogP contribution in [0.4, 0.5) is 0 Å². The van der Waals surface area contributed by atoms with Crippen LogP contribution in [0.1, 0.15) is 59.3 Å². The second kappa shape index (κ2) is 11.6. The Bertz CT molecular complexity index is 242. The molecule has 1 rings (SSSR count). The average Bonchev–Trinajstić information content (AvgIpc) is 2.52.